The predicted octanol–water partition coefficient (Wildman–Crippen LogP) is 6.35. The summed E-state index contributed by atoms with van der Waals surface area (Å²) in [7, 11) is 0. The van der Waals surface area contributed by atoms with Crippen LogP contribution in [-0.2, 0) is 19.2 Å². The topological polar surface area (TPSA) is 84.0 Å². The Labute approximate surface area is 262 Å². The van der Waals surface area contributed by atoms with Gasteiger partial charge in [-0.1, -0.05) is 77.8 Å². The SMILES string of the molecule is O=C(Oc1cccc(N2C(=O)[C@@H]3C4c5ccccc5C(c5ccccc54)[C@@H]3C2=O)c1)[C@@H]1CC(=O)N(c2cc(Cl)ccc2Cl)C1. The summed E-state index contributed by atoms with van der Waals surface area (Å²) in [6.45, 7) is 0.0910. The zero-order chi connectivity index (χ0) is 30.3. The van der Waals surface area contributed by atoms with E-state index in [0.29, 0.717) is 21.4 Å². The molecule has 0 aromatic heterocycles. The maximum absolute atomic E-state index is 14.1. The van der Waals surface area contributed by atoms with Crippen LogP contribution in [0, 0.1) is 17.8 Å². The molecular weight excluding hydrogens is 599 g/mol. The standard InChI is InChI=1S/C35H24Cl2N2O5/c36-19-12-13-26(37)27(15-19)38-17-18(14-28(38)40)35(43)44-21-7-5-6-20(16-21)39-33(41)31-29-22-8-1-2-9-23(22)30(32(31)34(39)42)25-11-4-3-10-24(25)29/h1-13,15-16,18,29-32H,14,17H2/t18-,29?,30?,31-,32+/m1/s1. The molecule has 0 unspecified atom stereocenters. The lowest BCUT2D eigenvalue weighted by atomic mass is 9.55. The molecule has 2 fully saturated rings. The third-order valence-corrected chi connectivity index (χ3v) is 9.95. The van der Waals surface area contributed by atoms with Crippen LogP contribution < -0.4 is 14.5 Å². The second-order valence-electron chi connectivity index (χ2n) is 11.7. The summed E-state index contributed by atoms with van der Waals surface area (Å²) in [6.07, 6.45) is -0.0439. The minimum Gasteiger partial charge on any atom is -0.426 e. The molecule has 9 heteroatoms. The van der Waals surface area contributed by atoms with Crippen LogP contribution in [0.2, 0.25) is 10.0 Å². The van der Waals surface area contributed by atoms with Crippen LogP contribution in [-0.4, -0.2) is 30.2 Å². The Morgan fingerprint density at radius 2 is 1.32 bits per heavy atom. The van der Waals surface area contributed by atoms with Crippen molar-refractivity contribution < 1.29 is 23.9 Å². The van der Waals surface area contributed by atoms with Gasteiger partial charge < -0.3 is 9.64 Å². The molecule has 0 spiro atoms. The smallest absolute Gasteiger partial charge is 0.316 e. The fourth-order valence-electron chi connectivity index (χ4n) is 7.61. The van der Waals surface area contributed by atoms with E-state index in [0.717, 1.165) is 22.3 Å². The molecule has 44 heavy (non-hydrogen) atoms. The quantitative estimate of drug-likeness (QED) is 0.150. The Morgan fingerprint density at radius 1 is 0.727 bits per heavy atom. The Hall–Kier alpha value is -4.46. The van der Waals surface area contributed by atoms with Crippen LogP contribution in [0.4, 0.5) is 11.4 Å². The Morgan fingerprint density at radius 3 is 1.91 bits per heavy atom. The van der Waals surface area contributed by atoms with Gasteiger partial charge in [-0.05, 0) is 52.6 Å². The second-order valence-corrected chi connectivity index (χ2v) is 12.5. The maximum Gasteiger partial charge on any atom is 0.316 e. The molecule has 4 aromatic rings. The molecule has 2 bridgehead atoms. The van der Waals surface area contributed by atoms with Gasteiger partial charge >= 0.3 is 5.97 Å². The van der Waals surface area contributed by atoms with E-state index in [4.69, 9.17) is 27.9 Å². The zero-order valence-corrected chi connectivity index (χ0v) is 24.7. The van der Waals surface area contributed by atoms with Crippen molar-refractivity contribution in [1.29, 1.82) is 0 Å². The fourth-order valence-corrected chi connectivity index (χ4v) is 7.99. The van der Waals surface area contributed by atoms with E-state index in [1.807, 2.05) is 24.3 Å². The van der Waals surface area contributed by atoms with Crippen molar-refractivity contribution >= 4 is 58.3 Å². The summed E-state index contributed by atoms with van der Waals surface area (Å²) in [5.41, 5.74) is 5.18. The number of esters is 1. The normalized spacial score (nSPS) is 24.8. The first-order chi connectivity index (χ1) is 21.3. The molecule has 9 rings (SSSR count). The van der Waals surface area contributed by atoms with E-state index in [9.17, 15) is 19.2 Å². The second kappa shape index (κ2) is 10.0. The first kappa shape index (κ1) is 27.1. The molecule has 3 amide bonds. The predicted molar refractivity (Wildman–Crippen MR) is 165 cm³/mol. The van der Waals surface area contributed by atoms with Crippen LogP contribution in [0.15, 0.2) is 91.0 Å². The van der Waals surface area contributed by atoms with Gasteiger partial charge in [0.25, 0.3) is 0 Å². The highest BCUT2D eigenvalue weighted by molar-refractivity contribution is 6.36. The van der Waals surface area contributed by atoms with Crippen molar-refractivity contribution in [2.45, 2.75) is 18.3 Å². The Kier molecular flexibility index (Phi) is 6.19. The van der Waals surface area contributed by atoms with Crippen LogP contribution in [0.1, 0.15) is 40.5 Å². The van der Waals surface area contributed by atoms with Gasteiger partial charge in [-0.15, -0.1) is 0 Å². The number of imide groups is 1. The highest BCUT2D eigenvalue weighted by atomic mass is 35.5. The average Bonchev–Trinajstić information content (AvgIpc) is 3.55. The first-order valence-corrected chi connectivity index (χ1v) is 15.2. The molecule has 3 atom stereocenters. The summed E-state index contributed by atoms with van der Waals surface area (Å²) in [4.78, 5) is 56.9. The number of anilines is 2. The summed E-state index contributed by atoms with van der Waals surface area (Å²) in [5, 5.41) is 0.774. The van der Waals surface area contributed by atoms with E-state index < -0.39 is 23.7 Å². The molecule has 0 radical (unpaired) electrons. The summed E-state index contributed by atoms with van der Waals surface area (Å²) >= 11 is 12.4. The van der Waals surface area contributed by atoms with Gasteiger partial charge in [-0.3, -0.25) is 19.2 Å². The number of rotatable bonds is 4. The minimum absolute atomic E-state index is 0.0439. The van der Waals surface area contributed by atoms with E-state index >= 15 is 0 Å². The van der Waals surface area contributed by atoms with Gasteiger partial charge in [0, 0.05) is 35.9 Å². The molecule has 3 aliphatic carbocycles. The van der Waals surface area contributed by atoms with Gasteiger partial charge in [-0.2, -0.15) is 0 Å². The van der Waals surface area contributed by atoms with Crippen molar-refractivity contribution in [2.24, 2.45) is 17.8 Å². The van der Waals surface area contributed by atoms with E-state index in [2.05, 4.69) is 24.3 Å². The maximum atomic E-state index is 14.1. The number of hydrogen-bond donors (Lipinski definition) is 0. The molecule has 7 nitrogen and oxygen atoms in total. The fraction of sp³-hybridized carbons (Fsp3) is 0.200. The largest absolute Gasteiger partial charge is 0.426 e. The van der Waals surface area contributed by atoms with Crippen LogP contribution in [0.5, 0.6) is 5.75 Å². The summed E-state index contributed by atoms with van der Waals surface area (Å²) in [5.74, 6) is -3.36. The highest BCUT2D eigenvalue weighted by Gasteiger charge is 2.61. The number of carbonyl (C=O) groups is 4. The molecule has 2 saturated heterocycles. The van der Waals surface area contributed by atoms with Gasteiger partial charge in [-0.25, -0.2) is 4.90 Å². The summed E-state index contributed by atoms with van der Waals surface area (Å²) < 4.78 is 5.70. The first-order valence-electron chi connectivity index (χ1n) is 14.4. The van der Waals surface area contributed by atoms with Crippen molar-refractivity contribution in [3.63, 3.8) is 0 Å². The third-order valence-electron chi connectivity index (χ3n) is 9.40. The molecule has 0 saturated carbocycles. The van der Waals surface area contributed by atoms with Gasteiger partial charge in [0.1, 0.15) is 5.75 Å². The van der Waals surface area contributed by atoms with Crippen molar-refractivity contribution in [2.75, 3.05) is 16.3 Å². The number of amides is 3. The number of halogens is 2. The molecule has 2 aliphatic heterocycles. The average molecular weight is 623 g/mol. The Balaban J connectivity index is 1.06. The monoisotopic (exact) mass is 622 g/mol. The molecule has 4 aromatic carbocycles. The Bertz CT molecular complexity index is 1810. The lowest BCUT2D eigenvalue weighted by Gasteiger charge is -2.45. The molecule has 2 heterocycles. The third kappa shape index (κ3) is 3.96. The van der Waals surface area contributed by atoms with E-state index in [1.54, 1.807) is 36.4 Å². The lowest BCUT2D eigenvalue weighted by Crippen LogP contribution is -2.41. The van der Waals surface area contributed by atoms with E-state index in [1.165, 1.54) is 15.9 Å². The van der Waals surface area contributed by atoms with Crippen LogP contribution in [0.3, 0.4) is 0 Å². The molecular formula is C35H24Cl2N2O5. The number of carbonyl (C=O) groups excluding carboxylic acids is 4. The van der Waals surface area contributed by atoms with Gasteiger partial charge in [0.15, 0.2) is 0 Å². The zero-order valence-electron chi connectivity index (χ0n) is 23.2. The molecule has 218 valence electrons. The number of benzene rings is 4. The molecule has 0 N–H and O–H groups in total. The minimum atomic E-state index is -0.730. The number of hydrogen-bond acceptors (Lipinski definition) is 5. The van der Waals surface area contributed by atoms with E-state index in [-0.39, 0.29) is 48.3 Å². The van der Waals surface area contributed by atoms with Crippen molar-refractivity contribution in [3.8, 4) is 5.75 Å². The molecule has 5 aliphatic rings. The van der Waals surface area contributed by atoms with Crippen LogP contribution >= 0.6 is 23.2 Å². The van der Waals surface area contributed by atoms with Crippen molar-refractivity contribution in [1.82, 2.24) is 0 Å². The van der Waals surface area contributed by atoms with Crippen LogP contribution in [0.25, 0.3) is 0 Å². The lowest BCUT2D eigenvalue weighted by molar-refractivity contribution is -0.139. The number of ether oxygens (including phenoxy) is 1. The number of nitrogens with zero attached hydrogens (tertiary/aromatic N) is 2. The summed E-state index contributed by atoms with van der Waals surface area (Å²) in [6, 6.07) is 27.5. The van der Waals surface area contributed by atoms with Gasteiger partial charge in [0.05, 0.1) is 34.2 Å². The van der Waals surface area contributed by atoms with Crippen molar-refractivity contribution in [3.05, 3.63) is 123 Å². The highest BCUT2D eigenvalue weighted by Crippen LogP contribution is 2.61. The van der Waals surface area contributed by atoms with Gasteiger partial charge in [0.2, 0.25) is 17.7 Å².